The van der Waals surface area contributed by atoms with Gasteiger partial charge in [-0.05, 0) is 86.0 Å². The molecule has 63 heavy (non-hydrogen) atoms. The molecule has 4 aliphatic rings. The second-order valence-electron chi connectivity index (χ2n) is 19.0. The fraction of sp³-hybridized carbons (Fsp3) is 0.647. The molecular formula is C51H74N6O6. The van der Waals surface area contributed by atoms with Crippen molar-refractivity contribution in [3.05, 3.63) is 58.7 Å². The molecule has 8 amide bonds. The molecule has 0 bridgehead atoms. The first-order valence-electron chi connectivity index (χ1n) is 24.4. The first kappa shape index (κ1) is 47.7. The number of unbranched alkanes of at least 4 members (excludes halogenated alkanes) is 4. The number of rotatable bonds is 19. The van der Waals surface area contributed by atoms with E-state index in [4.69, 9.17) is 5.73 Å². The lowest BCUT2D eigenvalue weighted by atomic mass is 9.79. The molecule has 12 heteroatoms. The van der Waals surface area contributed by atoms with Crippen molar-refractivity contribution in [1.82, 2.24) is 19.6 Å². The Morgan fingerprint density at radius 1 is 0.635 bits per heavy atom. The number of nitrogens with zero attached hydrogens (tertiary/aromatic N) is 5. The van der Waals surface area contributed by atoms with Gasteiger partial charge in [0.05, 0.1) is 17.8 Å². The smallest absolute Gasteiger partial charge is 0.330 e. The molecule has 4 fully saturated rings. The van der Waals surface area contributed by atoms with Gasteiger partial charge in [0.1, 0.15) is 11.1 Å². The summed E-state index contributed by atoms with van der Waals surface area (Å²) in [6.07, 6.45) is 11.6. The van der Waals surface area contributed by atoms with E-state index in [0.29, 0.717) is 94.8 Å². The molecule has 0 aromatic heterocycles. The number of imide groups is 2. The fourth-order valence-corrected chi connectivity index (χ4v) is 11.4. The van der Waals surface area contributed by atoms with Crippen LogP contribution in [0.5, 0.6) is 0 Å². The Kier molecular flexibility index (Phi) is 15.1. The summed E-state index contributed by atoms with van der Waals surface area (Å²) >= 11 is 0. The Balaban J connectivity index is 1.74. The maximum atomic E-state index is 17.2. The molecule has 344 valence electrons. The number of nitrogens with two attached hydrogens (primary N) is 1. The Morgan fingerprint density at radius 3 is 1.44 bits per heavy atom. The summed E-state index contributed by atoms with van der Waals surface area (Å²) in [5, 5.41) is 0. The highest BCUT2D eigenvalue weighted by molar-refractivity contribution is 6.21. The molecule has 0 radical (unpaired) electrons. The normalized spacial score (nSPS) is 19.6. The zero-order valence-corrected chi connectivity index (χ0v) is 39.4. The van der Waals surface area contributed by atoms with Crippen molar-refractivity contribution >= 4 is 47.1 Å². The van der Waals surface area contributed by atoms with E-state index in [0.717, 1.165) is 70.6 Å². The molecule has 2 aromatic rings. The molecule has 1 unspecified atom stereocenters. The molecule has 12 nitrogen and oxygen atoms in total. The van der Waals surface area contributed by atoms with Gasteiger partial charge in [0.15, 0.2) is 0 Å². The fourth-order valence-electron chi connectivity index (χ4n) is 11.4. The predicted molar refractivity (Wildman–Crippen MR) is 247 cm³/mol. The molecule has 2 spiro atoms. The number of benzene rings is 2. The molecule has 2 saturated carbocycles. The van der Waals surface area contributed by atoms with Gasteiger partial charge in [-0.25, -0.2) is 19.4 Å². The molecular weight excluding hydrogens is 793 g/mol. The molecule has 2 N–H and O–H groups in total. The first-order chi connectivity index (χ1) is 30.3. The van der Waals surface area contributed by atoms with E-state index in [1.54, 1.807) is 14.7 Å². The van der Waals surface area contributed by atoms with Crippen LogP contribution in [0.15, 0.2) is 36.4 Å². The second kappa shape index (κ2) is 20.0. The van der Waals surface area contributed by atoms with Crippen LogP contribution in [0.25, 0.3) is 0 Å². The lowest BCUT2D eigenvalue weighted by molar-refractivity contribution is -0.161. The van der Waals surface area contributed by atoms with Gasteiger partial charge in [-0.3, -0.25) is 24.1 Å². The summed E-state index contributed by atoms with van der Waals surface area (Å²) < 4.78 is 0. The van der Waals surface area contributed by atoms with Crippen molar-refractivity contribution in [3.63, 3.8) is 0 Å². The first-order valence-corrected chi connectivity index (χ1v) is 24.4. The summed E-state index contributed by atoms with van der Waals surface area (Å²) in [7, 11) is 0. The highest BCUT2D eigenvalue weighted by Gasteiger charge is 2.73. The van der Waals surface area contributed by atoms with Crippen LogP contribution in [-0.4, -0.2) is 85.1 Å². The summed E-state index contributed by atoms with van der Waals surface area (Å²) in [6, 6.07) is 10.2. The molecule has 2 aliphatic carbocycles. The molecule has 2 saturated heterocycles. The van der Waals surface area contributed by atoms with Gasteiger partial charge in [-0.2, -0.15) is 0 Å². The van der Waals surface area contributed by atoms with Gasteiger partial charge >= 0.3 is 12.1 Å². The number of primary amides is 1. The van der Waals surface area contributed by atoms with E-state index < -0.39 is 58.9 Å². The summed E-state index contributed by atoms with van der Waals surface area (Å²) in [4.78, 5) is 102. The number of anilines is 2. The number of hydrogen-bond acceptors (Lipinski definition) is 6. The molecule has 6 rings (SSSR count). The minimum atomic E-state index is -2.79. The quantitative estimate of drug-likeness (QED) is 0.110. The third-order valence-electron chi connectivity index (χ3n) is 14.6. The van der Waals surface area contributed by atoms with Crippen LogP contribution in [-0.2, 0) is 44.9 Å². The maximum Gasteiger partial charge on any atom is 0.330 e. The molecule has 2 aliphatic heterocycles. The number of amides is 8. The lowest BCUT2D eigenvalue weighted by Gasteiger charge is -2.46. The number of aryl methyl sites for hydroxylation is 4. The average Bonchev–Trinajstić information content (AvgIpc) is 3.59. The van der Waals surface area contributed by atoms with Crippen LogP contribution in [0, 0.1) is 5.92 Å². The number of urea groups is 2. The van der Waals surface area contributed by atoms with Crippen LogP contribution in [0.1, 0.15) is 173 Å². The van der Waals surface area contributed by atoms with Gasteiger partial charge in [-0.15, -0.1) is 0 Å². The highest BCUT2D eigenvalue weighted by atomic mass is 16.2. The van der Waals surface area contributed by atoms with Crippen LogP contribution >= 0.6 is 0 Å². The Bertz CT molecular complexity index is 1930. The van der Waals surface area contributed by atoms with E-state index in [1.807, 2.05) is 77.9 Å². The summed E-state index contributed by atoms with van der Waals surface area (Å²) in [5.74, 6) is -3.26. The highest BCUT2D eigenvalue weighted by Crippen LogP contribution is 2.51. The van der Waals surface area contributed by atoms with Crippen molar-refractivity contribution in [2.75, 3.05) is 18.0 Å². The molecule has 2 heterocycles. The van der Waals surface area contributed by atoms with E-state index in [1.165, 1.54) is 0 Å². The second-order valence-corrected chi connectivity index (χ2v) is 19.0. The Morgan fingerprint density at radius 2 is 1.05 bits per heavy atom. The third kappa shape index (κ3) is 8.29. The average molecular weight is 867 g/mol. The van der Waals surface area contributed by atoms with Crippen molar-refractivity contribution in [3.8, 4) is 0 Å². The summed E-state index contributed by atoms with van der Waals surface area (Å²) in [5.41, 5.74) is 5.30. The third-order valence-corrected chi connectivity index (χ3v) is 14.6. The molecule has 1 atom stereocenters. The van der Waals surface area contributed by atoms with E-state index in [9.17, 15) is 4.79 Å². The van der Waals surface area contributed by atoms with Crippen molar-refractivity contribution in [2.24, 2.45) is 11.7 Å². The van der Waals surface area contributed by atoms with Crippen molar-refractivity contribution < 1.29 is 28.8 Å². The molecule has 2 aromatic carbocycles. The van der Waals surface area contributed by atoms with E-state index in [-0.39, 0.29) is 19.0 Å². The van der Waals surface area contributed by atoms with Crippen LogP contribution < -0.4 is 10.6 Å². The van der Waals surface area contributed by atoms with Gasteiger partial charge in [-0.1, -0.05) is 149 Å². The SMILES string of the molecule is CCCCCCCN1C(=O)N(C(CC(N)=O)(C(=O)N(c2c(CC)cccc2CC)c2c(CC)cccc2CC)N2C(=O)N(CC(C)C)C3(CCCCC3)C2=O)C(=O)C12CCCCC2. The van der Waals surface area contributed by atoms with E-state index in [2.05, 4.69) is 6.92 Å². The van der Waals surface area contributed by atoms with Crippen LogP contribution in [0.3, 0.4) is 0 Å². The van der Waals surface area contributed by atoms with Crippen LogP contribution in [0.4, 0.5) is 21.0 Å². The van der Waals surface area contributed by atoms with Crippen molar-refractivity contribution in [1.29, 1.82) is 0 Å². The summed E-state index contributed by atoms with van der Waals surface area (Å²) in [6.45, 7) is 14.6. The van der Waals surface area contributed by atoms with Gasteiger partial charge in [0.2, 0.25) is 11.6 Å². The minimum Gasteiger partial charge on any atom is -0.370 e. The number of carbonyl (C=O) groups excluding carboxylic acids is 6. The van der Waals surface area contributed by atoms with Gasteiger partial charge in [0.25, 0.3) is 17.7 Å². The zero-order valence-electron chi connectivity index (χ0n) is 39.4. The Hall–Kier alpha value is -4.74. The largest absolute Gasteiger partial charge is 0.370 e. The monoisotopic (exact) mass is 867 g/mol. The number of para-hydroxylation sites is 2. The lowest BCUT2D eigenvalue weighted by Crippen LogP contribution is -2.73. The van der Waals surface area contributed by atoms with Gasteiger partial charge in [0, 0.05) is 13.1 Å². The maximum absolute atomic E-state index is 17.2. The predicted octanol–water partition coefficient (Wildman–Crippen LogP) is 9.73. The Labute approximate surface area is 376 Å². The number of hydrogen-bond donors (Lipinski definition) is 1. The number of carbonyl (C=O) groups is 6. The topological polar surface area (TPSA) is 145 Å². The van der Waals surface area contributed by atoms with Gasteiger partial charge < -0.3 is 15.5 Å². The zero-order chi connectivity index (χ0) is 45.7. The minimum absolute atomic E-state index is 0.0610. The van der Waals surface area contributed by atoms with E-state index >= 15 is 24.0 Å². The van der Waals surface area contributed by atoms with Crippen molar-refractivity contribution in [2.45, 2.75) is 194 Å². The van der Waals surface area contributed by atoms with Crippen LogP contribution in [0.2, 0.25) is 0 Å². The standard InChI is InChI=1S/C51H74N6O6/c1-8-13-14-15-22-33-53-47(62)56(44(59)49(53)29-18-16-19-30-49)51(34-41(52)58,57-45(60)50(31-20-17-21-32-50)54(48(57)63)35-36(6)7)46(61)55(42-37(9-2)25-23-26-38(42)10-3)43-39(11-4)27-24-28-40(43)12-5/h23-28,36H,8-22,29-35H2,1-7H3,(H2,52,58).